The summed E-state index contributed by atoms with van der Waals surface area (Å²) in [4.78, 5) is 24.8. The molecule has 3 aromatic rings. The SMILES string of the molecule is CC[C@H]1CCCCN1C(=O)c1cnc2nc(C)ccc2c1Nc1ccc2c(c1)OCO2. The second kappa shape index (κ2) is 8.06. The van der Waals surface area contributed by atoms with Crippen molar-refractivity contribution in [2.75, 3.05) is 18.7 Å². The van der Waals surface area contributed by atoms with Crippen LogP contribution in [0.15, 0.2) is 36.5 Å². The predicted octanol–water partition coefficient (Wildman–Crippen LogP) is 4.82. The Kier molecular flexibility index (Phi) is 5.10. The van der Waals surface area contributed by atoms with Gasteiger partial charge >= 0.3 is 0 Å². The summed E-state index contributed by atoms with van der Waals surface area (Å²) in [6, 6.07) is 9.87. The van der Waals surface area contributed by atoms with Crippen LogP contribution in [0.3, 0.4) is 0 Å². The third kappa shape index (κ3) is 3.65. The minimum atomic E-state index is 0.0183. The third-order valence-electron chi connectivity index (χ3n) is 6.10. The number of pyridine rings is 2. The monoisotopic (exact) mass is 418 g/mol. The van der Waals surface area contributed by atoms with Crippen molar-refractivity contribution in [2.45, 2.75) is 45.6 Å². The summed E-state index contributed by atoms with van der Waals surface area (Å²) >= 11 is 0. The van der Waals surface area contributed by atoms with Gasteiger partial charge in [0.05, 0.1) is 11.3 Å². The van der Waals surface area contributed by atoms with E-state index in [9.17, 15) is 4.79 Å². The smallest absolute Gasteiger partial charge is 0.257 e. The molecule has 1 atom stereocenters. The number of amides is 1. The van der Waals surface area contributed by atoms with Gasteiger partial charge in [0.15, 0.2) is 17.1 Å². The highest BCUT2D eigenvalue weighted by Crippen LogP contribution is 2.37. The Balaban J connectivity index is 1.59. The van der Waals surface area contributed by atoms with Crippen LogP contribution in [-0.4, -0.2) is 40.2 Å². The molecule has 2 aromatic heterocycles. The number of rotatable bonds is 4. The number of likely N-dealkylation sites (tertiary alicyclic amines) is 1. The molecule has 0 saturated carbocycles. The van der Waals surface area contributed by atoms with E-state index in [1.165, 1.54) is 6.42 Å². The van der Waals surface area contributed by atoms with Crippen LogP contribution in [0.5, 0.6) is 11.5 Å². The Labute approximate surface area is 181 Å². The van der Waals surface area contributed by atoms with E-state index in [2.05, 4.69) is 22.2 Å². The number of hydrogen-bond donors (Lipinski definition) is 1. The molecule has 4 heterocycles. The van der Waals surface area contributed by atoms with E-state index in [1.54, 1.807) is 6.20 Å². The van der Waals surface area contributed by atoms with Crippen LogP contribution >= 0.6 is 0 Å². The van der Waals surface area contributed by atoms with Crippen LogP contribution in [0.4, 0.5) is 11.4 Å². The van der Waals surface area contributed by atoms with Crippen LogP contribution in [0, 0.1) is 6.92 Å². The highest BCUT2D eigenvalue weighted by molar-refractivity contribution is 6.07. The van der Waals surface area contributed by atoms with Gasteiger partial charge in [0.25, 0.3) is 5.91 Å². The largest absolute Gasteiger partial charge is 0.454 e. The summed E-state index contributed by atoms with van der Waals surface area (Å²) in [5.74, 6) is 1.43. The highest BCUT2D eigenvalue weighted by Gasteiger charge is 2.29. The maximum atomic E-state index is 13.7. The summed E-state index contributed by atoms with van der Waals surface area (Å²) in [5, 5.41) is 4.27. The summed E-state index contributed by atoms with van der Waals surface area (Å²) < 4.78 is 10.9. The van der Waals surface area contributed by atoms with Crippen molar-refractivity contribution in [2.24, 2.45) is 0 Å². The molecule has 5 rings (SSSR count). The van der Waals surface area contributed by atoms with Gasteiger partial charge in [-0.05, 0) is 56.9 Å². The molecule has 2 aliphatic heterocycles. The molecule has 1 aromatic carbocycles. The number of fused-ring (bicyclic) bond motifs is 2. The molecule has 1 amide bonds. The van der Waals surface area contributed by atoms with E-state index >= 15 is 0 Å². The van der Waals surface area contributed by atoms with E-state index in [1.807, 2.05) is 42.2 Å². The van der Waals surface area contributed by atoms with Crippen molar-refractivity contribution < 1.29 is 14.3 Å². The highest BCUT2D eigenvalue weighted by atomic mass is 16.7. The van der Waals surface area contributed by atoms with Gasteiger partial charge in [0.1, 0.15) is 0 Å². The third-order valence-corrected chi connectivity index (χ3v) is 6.10. The molecule has 0 radical (unpaired) electrons. The Morgan fingerprint density at radius 2 is 2.06 bits per heavy atom. The first-order chi connectivity index (χ1) is 15.1. The Bertz CT molecular complexity index is 1150. The second-order valence-corrected chi connectivity index (χ2v) is 8.12. The number of benzene rings is 1. The molecule has 0 aliphatic carbocycles. The Morgan fingerprint density at radius 1 is 1.19 bits per heavy atom. The second-order valence-electron chi connectivity index (χ2n) is 8.12. The maximum Gasteiger partial charge on any atom is 0.257 e. The maximum absolute atomic E-state index is 13.7. The van der Waals surface area contributed by atoms with Crippen molar-refractivity contribution >= 4 is 28.3 Å². The topological polar surface area (TPSA) is 76.6 Å². The van der Waals surface area contributed by atoms with E-state index in [4.69, 9.17) is 9.47 Å². The van der Waals surface area contributed by atoms with Gasteiger partial charge in [-0.1, -0.05) is 6.92 Å². The summed E-state index contributed by atoms with van der Waals surface area (Å²) in [6.07, 6.45) is 5.87. The minimum absolute atomic E-state index is 0.0183. The molecule has 7 nitrogen and oxygen atoms in total. The minimum Gasteiger partial charge on any atom is -0.454 e. The first kappa shape index (κ1) is 19.6. The number of nitrogens with one attached hydrogen (secondary N) is 1. The number of nitrogens with zero attached hydrogens (tertiary/aromatic N) is 3. The van der Waals surface area contributed by atoms with Crippen LogP contribution in [0.2, 0.25) is 0 Å². The molecular weight excluding hydrogens is 392 g/mol. The first-order valence-electron chi connectivity index (χ1n) is 10.9. The normalized spacial score (nSPS) is 17.7. The number of aromatic nitrogens is 2. The molecule has 31 heavy (non-hydrogen) atoms. The fourth-order valence-corrected chi connectivity index (χ4v) is 4.43. The lowest BCUT2D eigenvalue weighted by molar-refractivity contribution is 0.0609. The lowest BCUT2D eigenvalue weighted by atomic mass is 9.98. The van der Waals surface area contributed by atoms with Gasteiger partial charge in [-0.3, -0.25) is 4.79 Å². The summed E-state index contributed by atoms with van der Waals surface area (Å²) in [6.45, 7) is 5.08. The van der Waals surface area contributed by atoms with Crippen LogP contribution < -0.4 is 14.8 Å². The Morgan fingerprint density at radius 3 is 2.94 bits per heavy atom. The van der Waals surface area contributed by atoms with Crippen LogP contribution in [-0.2, 0) is 0 Å². The van der Waals surface area contributed by atoms with Gasteiger partial charge in [0.2, 0.25) is 6.79 Å². The lowest BCUT2D eigenvalue weighted by Crippen LogP contribution is -2.43. The molecule has 1 N–H and O–H groups in total. The van der Waals surface area contributed by atoms with Gasteiger partial charge in [-0.2, -0.15) is 0 Å². The van der Waals surface area contributed by atoms with Crippen LogP contribution in [0.1, 0.15) is 48.7 Å². The number of aryl methyl sites for hydroxylation is 1. The molecule has 0 bridgehead atoms. The number of hydrogen-bond acceptors (Lipinski definition) is 6. The number of piperidine rings is 1. The van der Waals surface area contributed by atoms with Crippen LogP contribution in [0.25, 0.3) is 11.0 Å². The van der Waals surface area contributed by atoms with Crippen molar-refractivity contribution in [3.63, 3.8) is 0 Å². The molecule has 0 spiro atoms. The summed E-state index contributed by atoms with van der Waals surface area (Å²) in [5.41, 5.74) is 3.61. The zero-order valence-electron chi connectivity index (χ0n) is 17.9. The van der Waals surface area contributed by atoms with Crippen molar-refractivity contribution in [3.8, 4) is 11.5 Å². The fraction of sp³-hybridized carbons (Fsp3) is 0.375. The van der Waals surface area contributed by atoms with E-state index in [-0.39, 0.29) is 18.7 Å². The van der Waals surface area contributed by atoms with E-state index in [0.29, 0.717) is 17.0 Å². The summed E-state index contributed by atoms with van der Waals surface area (Å²) in [7, 11) is 0. The lowest BCUT2D eigenvalue weighted by Gasteiger charge is -2.35. The number of anilines is 2. The molecule has 7 heteroatoms. The zero-order chi connectivity index (χ0) is 21.4. The molecule has 1 fully saturated rings. The number of ether oxygens (including phenoxy) is 2. The average Bonchev–Trinajstić information content (AvgIpc) is 3.26. The fourth-order valence-electron chi connectivity index (χ4n) is 4.43. The van der Waals surface area contributed by atoms with Gasteiger partial charge < -0.3 is 19.7 Å². The van der Waals surface area contributed by atoms with Gasteiger partial charge in [-0.25, -0.2) is 9.97 Å². The molecule has 160 valence electrons. The van der Waals surface area contributed by atoms with E-state index in [0.717, 1.165) is 54.0 Å². The zero-order valence-corrected chi connectivity index (χ0v) is 17.9. The number of carbonyl (C=O) groups is 1. The van der Waals surface area contributed by atoms with Crippen molar-refractivity contribution in [3.05, 3.63) is 47.8 Å². The van der Waals surface area contributed by atoms with Gasteiger partial charge in [0, 0.05) is 41.6 Å². The quantitative estimate of drug-likeness (QED) is 0.655. The number of carbonyl (C=O) groups excluding carboxylic acids is 1. The molecule has 1 saturated heterocycles. The van der Waals surface area contributed by atoms with Gasteiger partial charge in [-0.15, -0.1) is 0 Å². The first-order valence-corrected chi connectivity index (χ1v) is 10.9. The molecular formula is C24H26N4O3. The molecule has 2 aliphatic rings. The molecule has 0 unspecified atom stereocenters. The van der Waals surface area contributed by atoms with Crippen molar-refractivity contribution in [1.29, 1.82) is 0 Å². The van der Waals surface area contributed by atoms with Crippen molar-refractivity contribution in [1.82, 2.24) is 14.9 Å². The Hall–Kier alpha value is -3.35. The standard InChI is InChI=1S/C24H26N4O3/c1-3-17-6-4-5-11-28(17)24(29)19-13-25-23-18(9-7-15(2)26-23)22(19)27-16-8-10-20-21(12-16)31-14-30-20/h7-10,12-13,17H,3-6,11,14H2,1-2H3,(H,25,26,27)/t17-/m0/s1. The van der Waals surface area contributed by atoms with E-state index < -0.39 is 0 Å². The predicted molar refractivity (Wildman–Crippen MR) is 119 cm³/mol. The average molecular weight is 418 g/mol.